The van der Waals surface area contributed by atoms with Crippen LogP contribution in [0.15, 0.2) is 30.3 Å². The molecule has 0 bridgehead atoms. The Hall–Kier alpha value is -3.16. The van der Waals surface area contributed by atoms with Crippen LogP contribution < -0.4 is 15.8 Å². The zero-order chi connectivity index (χ0) is 18.7. The second-order valence-corrected chi connectivity index (χ2v) is 6.29. The summed E-state index contributed by atoms with van der Waals surface area (Å²) in [5.41, 5.74) is 7.53. The van der Waals surface area contributed by atoms with E-state index in [1.165, 1.54) is 0 Å². The number of hydrogen-bond donors (Lipinski definition) is 2. The normalized spacial score (nSPS) is 13.8. The third-order valence-electron chi connectivity index (χ3n) is 4.21. The Morgan fingerprint density at radius 3 is 2.65 bits per heavy atom. The van der Waals surface area contributed by atoms with Crippen LogP contribution >= 0.6 is 0 Å². The molecule has 26 heavy (non-hydrogen) atoms. The summed E-state index contributed by atoms with van der Waals surface area (Å²) >= 11 is 0. The summed E-state index contributed by atoms with van der Waals surface area (Å²) in [5, 5.41) is 4.20. The number of carbonyl (C=O) groups is 3. The van der Waals surface area contributed by atoms with Gasteiger partial charge < -0.3 is 4.90 Å². The summed E-state index contributed by atoms with van der Waals surface area (Å²) < 4.78 is 1.57. The van der Waals surface area contributed by atoms with E-state index in [9.17, 15) is 14.4 Å². The SMILES string of the molecule is Cc1cc(C)n(CC(=O)NNC(=O)c2cccc(N3CCCC3=O)c2)n1. The van der Waals surface area contributed by atoms with Gasteiger partial charge in [0.05, 0.1) is 5.69 Å². The first-order chi connectivity index (χ1) is 12.4. The van der Waals surface area contributed by atoms with Crippen LogP contribution in [-0.2, 0) is 16.1 Å². The maximum absolute atomic E-state index is 12.3. The third kappa shape index (κ3) is 3.90. The number of nitrogens with zero attached hydrogens (tertiary/aromatic N) is 3. The van der Waals surface area contributed by atoms with Crippen LogP contribution in [0.2, 0.25) is 0 Å². The number of aryl methyl sites for hydroxylation is 2. The molecule has 8 nitrogen and oxygen atoms in total. The van der Waals surface area contributed by atoms with Crippen LogP contribution in [0.25, 0.3) is 0 Å². The number of hydrogen-bond acceptors (Lipinski definition) is 4. The smallest absolute Gasteiger partial charge is 0.269 e. The highest BCUT2D eigenvalue weighted by atomic mass is 16.2. The van der Waals surface area contributed by atoms with Gasteiger partial charge in [0.25, 0.3) is 11.8 Å². The second kappa shape index (κ2) is 7.38. The summed E-state index contributed by atoms with van der Waals surface area (Å²) in [6, 6.07) is 8.66. The molecule has 1 aliphatic rings. The van der Waals surface area contributed by atoms with E-state index in [0.717, 1.165) is 17.8 Å². The van der Waals surface area contributed by atoms with Gasteiger partial charge in [0.2, 0.25) is 5.91 Å². The first-order valence-corrected chi connectivity index (χ1v) is 8.45. The number of benzene rings is 1. The number of rotatable bonds is 4. The van der Waals surface area contributed by atoms with Crippen molar-refractivity contribution in [1.82, 2.24) is 20.6 Å². The standard InChI is InChI=1S/C18H21N5O3/c1-12-9-13(2)23(21-12)11-16(24)19-20-18(26)14-5-3-6-15(10-14)22-8-4-7-17(22)25/h3,5-6,9-10H,4,7-8,11H2,1-2H3,(H,19,24)(H,20,26). The van der Waals surface area contributed by atoms with E-state index in [2.05, 4.69) is 16.0 Å². The van der Waals surface area contributed by atoms with E-state index in [4.69, 9.17) is 0 Å². The Bertz CT molecular complexity index is 858. The molecule has 0 atom stereocenters. The zero-order valence-electron chi connectivity index (χ0n) is 14.8. The lowest BCUT2D eigenvalue weighted by molar-refractivity contribution is -0.122. The molecule has 0 radical (unpaired) electrons. The molecule has 3 rings (SSSR count). The largest absolute Gasteiger partial charge is 0.312 e. The van der Waals surface area contributed by atoms with Crippen molar-refractivity contribution in [2.75, 3.05) is 11.4 Å². The number of aromatic nitrogens is 2. The molecular formula is C18H21N5O3. The van der Waals surface area contributed by atoms with Gasteiger partial charge in [-0.25, -0.2) is 0 Å². The minimum absolute atomic E-state index is 0.0161. The molecule has 8 heteroatoms. The van der Waals surface area contributed by atoms with Crippen molar-refractivity contribution < 1.29 is 14.4 Å². The van der Waals surface area contributed by atoms with E-state index in [1.54, 1.807) is 33.8 Å². The lowest BCUT2D eigenvalue weighted by Crippen LogP contribution is -2.43. The number of hydrazine groups is 1. The topological polar surface area (TPSA) is 96.3 Å². The molecule has 0 aliphatic carbocycles. The first kappa shape index (κ1) is 17.7. The first-order valence-electron chi connectivity index (χ1n) is 8.45. The van der Waals surface area contributed by atoms with Gasteiger partial charge in [0.1, 0.15) is 6.54 Å². The maximum Gasteiger partial charge on any atom is 0.269 e. The molecule has 0 unspecified atom stereocenters. The van der Waals surface area contributed by atoms with Crippen molar-refractivity contribution in [3.63, 3.8) is 0 Å². The lowest BCUT2D eigenvalue weighted by Gasteiger charge is -2.16. The molecule has 136 valence electrons. The van der Waals surface area contributed by atoms with E-state index < -0.39 is 5.91 Å². The average molecular weight is 355 g/mol. The fourth-order valence-electron chi connectivity index (χ4n) is 2.95. The fourth-order valence-corrected chi connectivity index (χ4v) is 2.95. The number of anilines is 1. The molecular weight excluding hydrogens is 334 g/mol. The highest BCUT2D eigenvalue weighted by molar-refractivity contribution is 5.99. The molecule has 0 spiro atoms. The number of amides is 3. The highest BCUT2D eigenvalue weighted by Gasteiger charge is 2.22. The summed E-state index contributed by atoms with van der Waals surface area (Å²) in [4.78, 5) is 37.8. The van der Waals surface area contributed by atoms with Gasteiger partial charge in [-0.2, -0.15) is 5.10 Å². The molecule has 2 N–H and O–H groups in total. The highest BCUT2D eigenvalue weighted by Crippen LogP contribution is 2.22. The molecule has 1 fully saturated rings. The van der Waals surface area contributed by atoms with E-state index in [0.29, 0.717) is 24.2 Å². The van der Waals surface area contributed by atoms with Gasteiger partial charge in [-0.05, 0) is 44.5 Å². The Labute approximate surface area is 151 Å². The zero-order valence-corrected chi connectivity index (χ0v) is 14.8. The van der Waals surface area contributed by atoms with E-state index >= 15 is 0 Å². The second-order valence-electron chi connectivity index (χ2n) is 6.29. The van der Waals surface area contributed by atoms with Crippen molar-refractivity contribution in [3.05, 3.63) is 47.3 Å². The summed E-state index contributed by atoms with van der Waals surface area (Å²) in [6.45, 7) is 4.38. The van der Waals surface area contributed by atoms with Crippen molar-refractivity contribution in [2.45, 2.75) is 33.2 Å². The Morgan fingerprint density at radius 1 is 1.19 bits per heavy atom. The maximum atomic E-state index is 12.3. The minimum Gasteiger partial charge on any atom is -0.312 e. The van der Waals surface area contributed by atoms with Gasteiger partial charge >= 0.3 is 0 Å². The lowest BCUT2D eigenvalue weighted by atomic mass is 10.2. The molecule has 1 aromatic heterocycles. The molecule has 2 aromatic rings. The number of nitrogens with one attached hydrogen (secondary N) is 2. The van der Waals surface area contributed by atoms with Gasteiger partial charge in [0, 0.05) is 29.9 Å². The van der Waals surface area contributed by atoms with Crippen molar-refractivity contribution in [1.29, 1.82) is 0 Å². The average Bonchev–Trinajstić information content (AvgIpc) is 3.17. The van der Waals surface area contributed by atoms with Gasteiger partial charge in [-0.1, -0.05) is 6.07 Å². The van der Waals surface area contributed by atoms with Crippen LogP contribution in [-0.4, -0.2) is 34.0 Å². The van der Waals surface area contributed by atoms with Crippen molar-refractivity contribution in [3.8, 4) is 0 Å². The predicted molar refractivity (Wildman–Crippen MR) is 95.3 cm³/mol. The van der Waals surface area contributed by atoms with Crippen LogP contribution in [0.4, 0.5) is 5.69 Å². The van der Waals surface area contributed by atoms with Crippen molar-refractivity contribution >= 4 is 23.4 Å². The predicted octanol–water partition coefficient (Wildman–Crippen LogP) is 1.09. The summed E-state index contributed by atoms with van der Waals surface area (Å²) in [7, 11) is 0. The molecule has 1 saturated heterocycles. The monoisotopic (exact) mass is 355 g/mol. The van der Waals surface area contributed by atoms with Gasteiger partial charge in [-0.15, -0.1) is 0 Å². The summed E-state index contributed by atoms with van der Waals surface area (Å²) in [6.07, 6.45) is 1.34. The quantitative estimate of drug-likeness (QED) is 0.803. The third-order valence-corrected chi connectivity index (χ3v) is 4.21. The van der Waals surface area contributed by atoms with Crippen LogP contribution in [0.1, 0.15) is 34.6 Å². The van der Waals surface area contributed by atoms with Crippen LogP contribution in [0.3, 0.4) is 0 Å². The minimum atomic E-state index is -0.444. The van der Waals surface area contributed by atoms with Crippen LogP contribution in [0.5, 0.6) is 0 Å². The molecule has 2 heterocycles. The van der Waals surface area contributed by atoms with Gasteiger partial charge in [-0.3, -0.25) is 29.9 Å². The molecule has 0 saturated carbocycles. The Kier molecular flexibility index (Phi) is 5.01. The van der Waals surface area contributed by atoms with Gasteiger partial charge in [0.15, 0.2) is 0 Å². The Morgan fingerprint density at radius 2 is 2.00 bits per heavy atom. The molecule has 3 amide bonds. The van der Waals surface area contributed by atoms with E-state index in [-0.39, 0.29) is 18.4 Å². The molecule has 1 aliphatic heterocycles. The number of carbonyl (C=O) groups excluding carboxylic acids is 3. The van der Waals surface area contributed by atoms with Crippen molar-refractivity contribution in [2.24, 2.45) is 0 Å². The van der Waals surface area contributed by atoms with E-state index in [1.807, 2.05) is 19.9 Å². The summed E-state index contributed by atoms with van der Waals surface area (Å²) in [5.74, 6) is -0.767. The Balaban J connectivity index is 1.59. The molecule has 1 aromatic carbocycles. The van der Waals surface area contributed by atoms with Crippen LogP contribution in [0, 0.1) is 13.8 Å². The fraction of sp³-hybridized carbons (Fsp3) is 0.333.